The van der Waals surface area contributed by atoms with Crippen LogP contribution < -0.4 is 20.6 Å². The molecule has 132 valence electrons. The summed E-state index contributed by atoms with van der Waals surface area (Å²) < 4.78 is 11.1. The topological polar surface area (TPSA) is 68.9 Å². The van der Waals surface area contributed by atoms with Gasteiger partial charge >= 0.3 is 0 Å². The number of halogens is 3. The Morgan fingerprint density at radius 3 is 2.52 bits per heavy atom. The first-order valence-corrected chi connectivity index (χ1v) is 8.47. The number of nitrogens with zero attached hydrogens (tertiary/aromatic N) is 1. The maximum absolute atomic E-state index is 6.13. The van der Waals surface area contributed by atoms with Crippen LogP contribution in [0.1, 0.15) is 11.1 Å². The molecule has 0 saturated heterocycles. The van der Waals surface area contributed by atoms with Gasteiger partial charge in [0.2, 0.25) is 0 Å². The largest absolute Gasteiger partial charge is 0.496 e. The average molecular weight is 419 g/mol. The van der Waals surface area contributed by atoms with Crippen molar-refractivity contribution in [1.29, 1.82) is 0 Å². The Morgan fingerprint density at radius 2 is 1.92 bits per heavy atom. The number of benzene rings is 2. The molecule has 0 amide bonds. The van der Waals surface area contributed by atoms with E-state index in [0.29, 0.717) is 26.6 Å². The van der Waals surface area contributed by atoms with Crippen molar-refractivity contribution >= 4 is 58.3 Å². The molecule has 3 N–H and O–H groups in total. The summed E-state index contributed by atoms with van der Waals surface area (Å²) in [5, 5.41) is 5.09. The smallest absolute Gasteiger partial charge is 0.184 e. The molecule has 0 aromatic heterocycles. The van der Waals surface area contributed by atoms with Gasteiger partial charge in [-0.1, -0.05) is 34.8 Å². The van der Waals surface area contributed by atoms with Crippen molar-refractivity contribution in [2.45, 2.75) is 6.61 Å². The number of thiocarbonyl (C=S) groups is 1. The summed E-state index contributed by atoms with van der Waals surface area (Å²) in [6, 6.07) is 8.60. The fraction of sp³-hybridized carbons (Fsp3) is 0.125. The van der Waals surface area contributed by atoms with Gasteiger partial charge in [0.25, 0.3) is 0 Å². The first-order valence-electron chi connectivity index (χ1n) is 6.93. The predicted molar refractivity (Wildman–Crippen MR) is 106 cm³/mol. The van der Waals surface area contributed by atoms with Gasteiger partial charge in [0.1, 0.15) is 12.4 Å². The molecule has 0 unspecified atom stereocenters. The minimum Gasteiger partial charge on any atom is -0.496 e. The third-order valence-electron chi connectivity index (χ3n) is 3.03. The molecule has 0 radical (unpaired) electrons. The van der Waals surface area contributed by atoms with E-state index < -0.39 is 0 Å². The van der Waals surface area contributed by atoms with E-state index in [0.717, 1.165) is 11.1 Å². The predicted octanol–water partition coefficient (Wildman–Crippen LogP) is 4.40. The number of rotatable bonds is 6. The van der Waals surface area contributed by atoms with Crippen LogP contribution in [0.5, 0.6) is 11.5 Å². The highest BCUT2D eigenvalue weighted by molar-refractivity contribution is 7.80. The quantitative estimate of drug-likeness (QED) is 0.413. The lowest BCUT2D eigenvalue weighted by Gasteiger charge is -2.13. The van der Waals surface area contributed by atoms with Crippen molar-refractivity contribution in [3.63, 3.8) is 0 Å². The van der Waals surface area contributed by atoms with E-state index in [4.69, 9.17) is 50.0 Å². The molecule has 0 aliphatic rings. The fourth-order valence-electron chi connectivity index (χ4n) is 1.98. The van der Waals surface area contributed by atoms with Crippen LogP contribution in [0.2, 0.25) is 15.1 Å². The van der Waals surface area contributed by atoms with Crippen LogP contribution in [0, 0.1) is 0 Å². The SMILES string of the molecule is COc1ccc(C=NNC(N)=S)cc1COc1c(Cl)cc(Cl)cc1Cl. The number of hydrogen-bond acceptors (Lipinski definition) is 4. The van der Waals surface area contributed by atoms with Crippen molar-refractivity contribution in [3.05, 3.63) is 56.5 Å². The molecule has 5 nitrogen and oxygen atoms in total. The van der Waals surface area contributed by atoms with Crippen LogP contribution in [0.3, 0.4) is 0 Å². The van der Waals surface area contributed by atoms with E-state index in [2.05, 4.69) is 22.7 Å². The van der Waals surface area contributed by atoms with Crippen LogP contribution in [0.4, 0.5) is 0 Å². The minimum atomic E-state index is 0.0836. The molecule has 0 saturated carbocycles. The number of hydrogen-bond donors (Lipinski definition) is 2. The van der Waals surface area contributed by atoms with Crippen LogP contribution in [0.25, 0.3) is 0 Å². The highest BCUT2D eigenvalue weighted by Crippen LogP contribution is 2.36. The van der Waals surface area contributed by atoms with E-state index in [1.54, 1.807) is 31.5 Å². The zero-order valence-corrected chi connectivity index (χ0v) is 16.1. The first-order chi connectivity index (χ1) is 11.9. The molecule has 0 atom stereocenters. The zero-order chi connectivity index (χ0) is 18.4. The standard InChI is InChI=1S/C16H14Cl3N3O2S/c1-23-14-3-2-9(7-21-22-16(20)25)4-10(14)8-24-15-12(18)5-11(17)6-13(15)19/h2-7H,8H2,1H3,(H3,20,22,25). The van der Waals surface area contributed by atoms with E-state index in [9.17, 15) is 0 Å². The zero-order valence-electron chi connectivity index (χ0n) is 13.1. The first kappa shape index (κ1) is 19.6. The van der Waals surface area contributed by atoms with Gasteiger partial charge in [-0.3, -0.25) is 5.43 Å². The number of hydrazone groups is 1. The molecule has 0 aliphatic carbocycles. The van der Waals surface area contributed by atoms with Crippen LogP contribution >= 0.6 is 47.0 Å². The molecule has 0 aliphatic heterocycles. The van der Waals surface area contributed by atoms with Gasteiger partial charge in [0, 0.05) is 10.6 Å². The molecule has 0 fully saturated rings. The molecule has 9 heteroatoms. The lowest BCUT2D eigenvalue weighted by molar-refractivity contribution is 0.297. The molecule has 2 rings (SSSR count). The van der Waals surface area contributed by atoms with Gasteiger partial charge in [0.15, 0.2) is 10.9 Å². The molecular formula is C16H14Cl3N3O2S. The molecule has 2 aromatic carbocycles. The third-order valence-corrected chi connectivity index (χ3v) is 3.90. The molecule has 0 heterocycles. The van der Waals surface area contributed by atoms with E-state index in [-0.39, 0.29) is 11.7 Å². The Labute approximate surface area is 165 Å². The normalized spacial score (nSPS) is 10.7. The second-order valence-electron chi connectivity index (χ2n) is 4.79. The number of nitrogens with two attached hydrogens (primary N) is 1. The van der Waals surface area contributed by atoms with E-state index >= 15 is 0 Å². The van der Waals surface area contributed by atoms with Crippen molar-refractivity contribution in [2.75, 3.05) is 7.11 Å². The van der Waals surface area contributed by atoms with Gasteiger partial charge in [0.05, 0.1) is 23.4 Å². The Balaban J connectivity index is 2.20. The summed E-state index contributed by atoms with van der Waals surface area (Å²) in [5.74, 6) is 1.00. The average Bonchev–Trinajstić information content (AvgIpc) is 2.53. The Kier molecular flexibility index (Phi) is 7.13. The second kappa shape index (κ2) is 9.10. The van der Waals surface area contributed by atoms with Crippen molar-refractivity contribution in [3.8, 4) is 11.5 Å². The molecule has 0 bridgehead atoms. The van der Waals surface area contributed by atoms with Crippen LogP contribution in [-0.4, -0.2) is 18.4 Å². The maximum atomic E-state index is 6.13. The summed E-state index contributed by atoms with van der Waals surface area (Å²) in [4.78, 5) is 0. The van der Waals surface area contributed by atoms with Gasteiger partial charge in [-0.15, -0.1) is 0 Å². The van der Waals surface area contributed by atoms with E-state index in [1.165, 1.54) is 0 Å². The number of nitrogens with one attached hydrogen (secondary N) is 1. The summed E-state index contributed by atoms with van der Waals surface area (Å²) >= 11 is 22.8. The van der Waals surface area contributed by atoms with Crippen molar-refractivity contribution < 1.29 is 9.47 Å². The van der Waals surface area contributed by atoms with Gasteiger partial charge in [-0.05, 0) is 48.1 Å². The number of methoxy groups -OCH3 is 1. The third kappa shape index (κ3) is 5.64. The van der Waals surface area contributed by atoms with Gasteiger partial charge < -0.3 is 15.2 Å². The fourth-order valence-corrected chi connectivity index (χ4v) is 2.96. The Morgan fingerprint density at radius 1 is 1.24 bits per heavy atom. The molecule has 0 spiro atoms. The molecule has 2 aromatic rings. The van der Waals surface area contributed by atoms with Crippen molar-refractivity contribution in [2.24, 2.45) is 10.8 Å². The Bertz CT molecular complexity index is 792. The lowest BCUT2D eigenvalue weighted by Crippen LogP contribution is -2.24. The van der Waals surface area contributed by atoms with Crippen LogP contribution in [-0.2, 0) is 6.61 Å². The monoisotopic (exact) mass is 417 g/mol. The maximum Gasteiger partial charge on any atom is 0.184 e. The van der Waals surface area contributed by atoms with Gasteiger partial charge in [-0.25, -0.2) is 0 Å². The summed E-state index contributed by atoms with van der Waals surface area (Å²) in [6.07, 6.45) is 1.57. The summed E-state index contributed by atoms with van der Waals surface area (Å²) in [7, 11) is 1.57. The van der Waals surface area contributed by atoms with Crippen molar-refractivity contribution in [1.82, 2.24) is 5.43 Å². The second-order valence-corrected chi connectivity index (χ2v) is 6.48. The van der Waals surface area contributed by atoms with Gasteiger partial charge in [-0.2, -0.15) is 5.10 Å². The van der Waals surface area contributed by atoms with E-state index in [1.807, 2.05) is 12.1 Å². The van der Waals surface area contributed by atoms with Crippen LogP contribution in [0.15, 0.2) is 35.4 Å². The highest BCUT2D eigenvalue weighted by atomic mass is 35.5. The molecule has 25 heavy (non-hydrogen) atoms. The molecular weight excluding hydrogens is 405 g/mol. The Hall–Kier alpha value is -1.73. The highest BCUT2D eigenvalue weighted by Gasteiger charge is 2.11. The lowest BCUT2D eigenvalue weighted by atomic mass is 10.1. The number of ether oxygens (including phenoxy) is 2. The summed E-state index contributed by atoms with van der Waals surface area (Å²) in [5.41, 5.74) is 9.39. The minimum absolute atomic E-state index is 0.0836. The summed E-state index contributed by atoms with van der Waals surface area (Å²) in [6.45, 7) is 0.189.